The fraction of sp³-hybridized carbons (Fsp3) is 0.222. The Balaban J connectivity index is 1.70. The van der Waals surface area contributed by atoms with Crippen LogP contribution < -0.4 is 18.9 Å². The number of hydrogen-bond acceptors (Lipinski definition) is 4. The zero-order valence-electron chi connectivity index (χ0n) is 35.3. The molecule has 8 aromatic carbocycles. The van der Waals surface area contributed by atoms with E-state index in [1.54, 1.807) is 28.4 Å². The lowest BCUT2D eigenvalue weighted by atomic mass is 9.77. The Labute approximate surface area is 343 Å². The molecular weight excluding hydrogens is 713 g/mol. The van der Waals surface area contributed by atoms with Gasteiger partial charge in [-0.1, -0.05) is 126 Å². The minimum Gasteiger partial charge on any atom is -0.497 e. The first-order valence-electron chi connectivity index (χ1n) is 20.0. The van der Waals surface area contributed by atoms with Gasteiger partial charge in [-0.05, 0) is 147 Å². The number of methoxy groups -OCH3 is 4. The first-order valence-corrected chi connectivity index (χ1v) is 20.0. The molecule has 0 aliphatic heterocycles. The van der Waals surface area contributed by atoms with Crippen molar-refractivity contribution in [3.8, 4) is 67.5 Å². The summed E-state index contributed by atoms with van der Waals surface area (Å²) in [6.07, 6.45) is 0. The van der Waals surface area contributed by atoms with Gasteiger partial charge in [0.15, 0.2) is 0 Å². The van der Waals surface area contributed by atoms with Crippen LogP contribution in [0.25, 0.3) is 76.8 Å². The first-order chi connectivity index (χ1) is 27.8. The zero-order valence-corrected chi connectivity index (χ0v) is 35.3. The molecule has 0 aromatic heterocycles. The molecule has 0 saturated carbocycles. The molecule has 0 unspecified atom stereocenters. The molecule has 4 heteroatoms. The second-order valence-electron chi connectivity index (χ2n) is 17.2. The molecule has 0 fully saturated rings. The second-order valence-corrected chi connectivity index (χ2v) is 17.2. The Bertz CT molecular complexity index is 2590. The highest BCUT2D eigenvalue weighted by atomic mass is 16.5. The second kappa shape index (κ2) is 14.9. The predicted octanol–water partition coefficient (Wildman–Crippen LogP) is 14.4. The van der Waals surface area contributed by atoms with E-state index in [1.165, 1.54) is 11.1 Å². The van der Waals surface area contributed by atoms with E-state index in [1.807, 2.05) is 0 Å². The van der Waals surface area contributed by atoms with Crippen LogP contribution in [0.2, 0.25) is 0 Å². The molecule has 0 N–H and O–H groups in total. The summed E-state index contributed by atoms with van der Waals surface area (Å²) in [6, 6.07) is 48.4. The van der Waals surface area contributed by atoms with Crippen molar-refractivity contribution in [1.29, 1.82) is 0 Å². The average Bonchev–Trinajstić information content (AvgIpc) is 3.24. The molecular formula is C54H52O4. The Morgan fingerprint density at radius 2 is 0.552 bits per heavy atom. The van der Waals surface area contributed by atoms with Crippen molar-refractivity contribution in [3.05, 3.63) is 145 Å². The molecule has 0 aliphatic carbocycles. The van der Waals surface area contributed by atoms with Crippen LogP contribution in [0.1, 0.15) is 52.7 Å². The lowest BCUT2D eigenvalue weighted by molar-refractivity contribution is 0.415. The summed E-state index contributed by atoms with van der Waals surface area (Å²) in [7, 11) is 6.92. The van der Waals surface area contributed by atoms with E-state index < -0.39 is 0 Å². The van der Waals surface area contributed by atoms with E-state index >= 15 is 0 Å². The Kier molecular flexibility index (Phi) is 9.93. The predicted molar refractivity (Wildman–Crippen MR) is 244 cm³/mol. The molecule has 0 spiro atoms. The molecule has 0 amide bonds. The third-order valence-corrected chi connectivity index (χ3v) is 11.6. The minimum absolute atomic E-state index is 0.0000100. The van der Waals surface area contributed by atoms with E-state index in [0.717, 1.165) is 99.8 Å². The van der Waals surface area contributed by atoms with Crippen molar-refractivity contribution in [2.24, 2.45) is 0 Å². The molecule has 0 atom stereocenters. The fourth-order valence-corrected chi connectivity index (χ4v) is 8.43. The number of benzene rings is 8. The summed E-state index contributed by atoms with van der Waals surface area (Å²) >= 11 is 0. The van der Waals surface area contributed by atoms with Gasteiger partial charge in [0.25, 0.3) is 0 Å². The smallest absolute Gasteiger partial charge is 0.119 e. The van der Waals surface area contributed by atoms with Crippen molar-refractivity contribution in [2.75, 3.05) is 28.4 Å². The molecule has 8 rings (SSSR count). The number of rotatable bonds is 8. The molecule has 0 saturated heterocycles. The highest BCUT2D eigenvalue weighted by Gasteiger charge is 2.27. The van der Waals surface area contributed by atoms with Crippen molar-refractivity contribution in [1.82, 2.24) is 0 Å². The van der Waals surface area contributed by atoms with Gasteiger partial charge < -0.3 is 18.9 Å². The van der Waals surface area contributed by atoms with Crippen molar-refractivity contribution < 1.29 is 18.9 Å². The van der Waals surface area contributed by atoms with E-state index in [2.05, 4.69) is 175 Å². The van der Waals surface area contributed by atoms with E-state index in [0.29, 0.717) is 0 Å². The van der Waals surface area contributed by atoms with Crippen molar-refractivity contribution in [2.45, 2.75) is 52.4 Å². The zero-order chi connectivity index (χ0) is 40.9. The largest absolute Gasteiger partial charge is 0.497 e. The molecule has 0 radical (unpaired) electrons. The third kappa shape index (κ3) is 6.81. The van der Waals surface area contributed by atoms with Gasteiger partial charge in [-0.2, -0.15) is 0 Å². The van der Waals surface area contributed by atoms with Gasteiger partial charge in [0, 0.05) is 0 Å². The van der Waals surface area contributed by atoms with Crippen LogP contribution in [-0.4, -0.2) is 28.4 Å². The maximum Gasteiger partial charge on any atom is 0.119 e. The van der Waals surface area contributed by atoms with E-state index in [9.17, 15) is 0 Å². The van der Waals surface area contributed by atoms with Gasteiger partial charge in [0.2, 0.25) is 0 Å². The number of ether oxygens (including phenoxy) is 4. The molecule has 292 valence electrons. The highest BCUT2D eigenvalue weighted by molar-refractivity contribution is 6.34. The van der Waals surface area contributed by atoms with Gasteiger partial charge in [0.1, 0.15) is 23.0 Å². The first kappa shape index (κ1) is 38.6. The lowest BCUT2D eigenvalue weighted by Crippen LogP contribution is -2.10. The van der Waals surface area contributed by atoms with E-state index in [-0.39, 0.29) is 10.8 Å². The summed E-state index contributed by atoms with van der Waals surface area (Å²) in [5.74, 6) is 3.22. The van der Waals surface area contributed by atoms with Crippen LogP contribution >= 0.6 is 0 Å². The van der Waals surface area contributed by atoms with Crippen LogP contribution in [0.5, 0.6) is 23.0 Å². The Hall–Kier alpha value is -6.26. The van der Waals surface area contributed by atoms with E-state index in [4.69, 9.17) is 18.9 Å². The van der Waals surface area contributed by atoms with Crippen LogP contribution in [0.15, 0.2) is 133 Å². The monoisotopic (exact) mass is 764 g/mol. The van der Waals surface area contributed by atoms with Crippen LogP contribution in [-0.2, 0) is 10.8 Å². The average molecular weight is 765 g/mol. The van der Waals surface area contributed by atoms with Gasteiger partial charge in [0.05, 0.1) is 28.4 Å². The van der Waals surface area contributed by atoms with Crippen LogP contribution in [0.3, 0.4) is 0 Å². The summed E-state index contributed by atoms with van der Waals surface area (Å²) in [5.41, 5.74) is 11.6. The quantitative estimate of drug-likeness (QED) is 0.144. The van der Waals surface area contributed by atoms with Gasteiger partial charge in [-0.3, -0.25) is 0 Å². The van der Waals surface area contributed by atoms with Gasteiger partial charge in [-0.15, -0.1) is 0 Å². The minimum atomic E-state index is 0.0000100. The maximum absolute atomic E-state index is 5.99. The highest BCUT2D eigenvalue weighted by Crippen LogP contribution is 2.54. The lowest BCUT2D eigenvalue weighted by Gasteiger charge is -2.26. The fourth-order valence-electron chi connectivity index (χ4n) is 8.43. The normalized spacial score (nSPS) is 12.0. The van der Waals surface area contributed by atoms with Crippen molar-refractivity contribution >= 4 is 32.3 Å². The summed E-state index contributed by atoms with van der Waals surface area (Å²) in [5, 5.41) is 6.80. The summed E-state index contributed by atoms with van der Waals surface area (Å²) in [6.45, 7) is 13.6. The van der Waals surface area contributed by atoms with Gasteiger partial charge >= 0.3 is 0 Å². The Morgan fingerprint density at radius 1 is 0.293 bits per heavy atom. The number of fused-ring (bicyclic) bond motifs is 3. The van der Waals surface area contributed by atoms with Gasteiger partial charge in [-0.25, -0.2) is 0 Å². The molecule has 58 heavy (non-hydrogen) atoms. The van der Waals surface area contributed by atoms with Crippen LogP contribution in [0.4, 0.5) is 0 Å². The molecule has 4 nitrogen and oxygen atoms in total. The molecule has 8 aromatic rings. The number of hydrogen-bond donors (Lipinski definition) is 0. The standard InChI is InChI=1S/C54H52O4/c1-53(2,3)37-19-11-33(12-20-37)49-45-31-41(57-9)27-29-43(45)48(36-17-25-40(56-8)26-18-36)52-50(34-13-21-38(22-14-34)54(4,5)6)46-32-42(58-10)28-30-44(46)47(51(49)52)35-15-23-39(55-7)24-16-35/h11-32H,1-10H3. The molecule has 0 aliphatic rings. The Morgan fingerprint density at radius 3 is 0.828 bits per heavy atom. The topological polar surface area (TPSA) is 36.9 Å². The van der Waals surface area contributed by atoms with Crippen LogP contribution in [0, 0.1) is 0 Å². The molecule has 0 bridgehead atoms. The SMILES string of the molecule is COc1ccc(-c2c3ccc(OC)cc3c(-c3ccc(C(C)(C)C)cc3)c3c(-c4ccc(OC)cc4)c4ccc(OC)cc4c(-c4ccc(C(C)(C)C)cc4)c23)cc1. The third-order valence-electron chi connectivity index (χ3n) is 11.6. The summed E-state index contributed by atoms with van der Waals surface area (Å²) in [4.78, 5) is 0. The summed E-state index contributed by atoms with van der Waals surface area (Å²) < 4.78 is 23.4. The molecule has 0 heterocycles. The van der Waals surface area contributed by atoms with Crippen molar-refractivity contribution in [3.63, 3.8) is 0 Å². The maximum atomic E-state index is 5.99.